The average molecular weight is 465 g/mol. The quantitative estimate of drug-likeness (QED) is 0.602. The SMILES string of the molecule is O=C(NC1CCc2ccccc2C1)c1cccc(NS(=O)(=O)c2ccc3c(c2)OCCO3)c1. The molecule has 1 atom stereocenters. The summed E-state index contributed by atoms with van der Waals surface area (Å²) in [6, 6.07) is 19.3. The molecular weight excluding hydrogens is 440 g/mol. The highest BCUT2D eigenvalue weighted by molar-refractivity contribution is 7.92. The first-order valence-electron chi connectivity index (χ1n) is 10.9. The van der Waals surface area contributed by atoms with Gasteiger partial charge in [-0.05, 0) is 60.7 Å². The van der Waals surface area contributed by atoms with E-state index in [4.69, 9.17) is 9.47 Å². The molecule has 3 aromatic carbocycles. The van der Waals surface area contributed by atoms with E-state index in [1.165, 1.54) is 23.3 Å². The predicted octanol–water partition coefficient (Wildman–Crippen LogP) is 3.55. The van der Waals surface area contributed by atoms with Gasteiger partial charge in [0.2, 0.25) is 0 Å². The first-order valence-corrected chi connectivity index (χ1v) is 12.4. The molecule has 5 rings (SSSR count). The molecule has 2 aliphatic rings. The molecule has 0 aromatic heterocycles. The molecule has 0 spiro atoms. The first-order chi connectivity index (χ1) is 16.0. The summed E-state index contributed by atoms with van der Waals surface area (Å²) in [5.74, 6) is 0.690. The molecule has 1 amide bonds. The molecule has 3 aromatic rings. The van der Waals surface area contributed by atoms with Gasteiger partial charge in [0.25, 0.3) is 15.9 Å². The van der Waals surface area contributed by atoms with Crippen molar-refractivity contribution in [2.75, 3.05) is 17.9 Å². The number of benzene rings is 3. The van der Waals surface area contributed by atoms with Crippen LogP contribution in [0.25, 0.3) is 0 Å². The number of ether oxygens (including phenoxy) is 2. The van der Waals surface area contributed by atoms with Crippen molar-refractivity contribution in [2.24, 2.45) is 0 Å². The maximum atomic E-state index is 12.9. The van der Waals surface area contributed by atoms with Crippen LogP contribution in [0.1, 0.15) is 27.9 Å². The highest BCUT2D eigenvalue weighted by Gasteiger charge is 2.22. The van der Waals surface area contributed by atoms with Gasteiger partial charge in [0, 0.05) is 23.4 Å². The van der Waals surface area contributed by atoms with Crippen LogP contribution in [0.15, 0.2) is 71.6 Å². The summed E-state index contributed by atoms with van der Waals surface area (Å²) >= 11 is 0. The molecule has 2 N–H and O–H groups in total. The zero-order chi connectivity index (χ0) is 22.8. The number of anilines is 1. The normalized spacial score (nSPS) is 17.0. The topological polar surface area (TPSA) is 93.7 Å². The minimum Gasteiger partial charge on any atom is -0.486 e. The number of aryl methyl sites for hydroxylation is 1. The Balaban J connectivity index is 1.28. The molecule has 0 saturated heterocycles. The lowest BCUT2D eigenvalue weighted by atomic mass is 9.88. The lowest BCUT2D eigenvalue weighted by Crippen LogP contribution is -2.38. The molecule has 1 aliphatic carbocycles. The second-order valence-corrected chi connectivity index (χ2v) is 9.86. The third kappa shape index (κ3) is 4.66. The Labute approximate surface area is 192 Å². The molecule has 170 valence electrons. The number of fused-ring (bicyclic) bond motifs is 2. The van der Waals surface area contributed by atoms with Crippen molar-refractivity contribution in [3.63, 3.8) is 0 Å². The van der Waals surface area contributed by atoms with Gasteiger partial charge >= 0.3 is 0 Å². The fourth-order valence-corrected chi connectivity index (χ4v) is 5.28. The predicted molar refractivity (Wildman–Crippen MR) is 124 cm³/mol. The summed E-state index contributed by atoms with van der Waals surface area (Å²) < 4.78 is 39.3. The Bertz CT molecular complexity index is 1310. The summed E-state index contributed by atoms with van der Waals surface area (Å²) in [4.78, 5) is 12.9. The molecule has 1 heterocycles. The maximum absolute atomic E-state index is 12.9. The molecule has 0 saturated carbocycles. The molecular formula is C25H24N2O5S. The Morgan fingerprint density at radius 1 is 0.879 bits per heavy atom. The van der Waals surface area contributed by atoms with Crippen molar-refractivity contribution in [3.05, 3.63) is 83.4 Å². The lowest BCUT2D eigenvalue weighted by Gasteiger charge is -2.25. The van der Waals surface area contributed by atoms with Crippen molar-refractivity contribution >= 4 is 21.6 Å². The van der Waals surface area contributed by atoms with E-state index in [1.54, 1.807) is 30.3 Å². The monoisotopic (exact) mass is 464 g/mol. The lowest BCUT2D eigenvalue weighted by molar-refractivity contribution is 0.0933. The number of rotatable bonds is 5. The molecule has 1 aliphatic heterocycles. The van der Waals surface area contributed by atoms with Crippen molar-refractivity contribution in [3.8, 4) is 11.5 Å². The summed E-state index contributed by atoms with van der Waals surface area (Å²) in [6.45, 7) is 0.799. The van der Waals surface area contributed by atoms with Crippen LogP contribution in [0.2, 0.25) is 0 Å². The molecule has 0 bridgehead atoms. The van der Waals surface area contributed by atoms with Crippen LogP contribution in [0.4, 0.5) is 5.69 Å². The zero-order valence-corrected chi connectivity index (χ0v) is 18.7. The van der Waals surface area contributed by atoms with Crippen LogP contribution in [0.3, 0.4) is 0 Å². The third-order valence-corrected chi connectivity index (χ3v) is 7.26. The van der Waals surface area contributed by atoms with Crippen molar-refractivity contribution in [2.45, 2.75) is 30.2 Å². The van der Waals surface area contributed by atoms with Gasteiger partial charge in [0.05, 0.1) is 4.90 Å². The van der Waals surface area contributed by atoms with E-state index in [-0.39, 0.29) is 16.8 Å². The van der Waals surface area contributed by atoms with Crippen molar-refractivity contribution in [1.82, 2.24) is 5.32 Å². The van der Waals surface area contributed by atoms with Gasteiger partial charge in [-0.15, -0.1) is 0 Å². The Morgan fingerprint density at radius 3 is 2.52 bits per heavy atom. The number of amides is 1. The van der Waals surface area contributed by atoms with E-state index in [0.29, 0.717) is 36.0 Å². The first kappa shape index (κ1) is 21.3. The van der Waals surface area contributed by atoms with Crippen LogP contribution < -0.4 is 19.5 Å². The number of sulfonamides is 1. The van der Waals surface area contributed by atoms with E-state index >= 15 is 0 Å². The smallest absolute Gasteiger partial charge is 0.262 e. The van der Waals surface area contributed by atoms with E-state index in [0.717, 1.165) is 19.3 Å². The van der Waals surface area contributed by atoms with Crippen LogP contribution in [0.5, 0.6) is 11.5 Å². The van der Waals surface area contributed by atoms with Crippen LogP contribution in [0, 0.1) is 0 Å². The average Bonchev–Trinajstić information content (AvgIpc) is 2.83. The summed E-state index contributed by atoms with van der Waals surface area (Å²) in [5.41, 5.74) is 3.30. The van der Waals surface area contributed by atoms with Gasteiger partial charge in [-0.25, -0.2) is 8.42 Å². The molecule has 8 heteroatoms. The van der Waals surface area contributed by atoms with E-state index in [2.05, 4.69) is 22.2 Å². The summed E-state index contributed by atoms with van der Waals surface area (Å²) in [5, 5.41) is 3.09. The molecule has 33 heavy (non-hydrogen) atoms. The standard InChI is InChI=1S/C25H24N2O5S/c28-25(26-20-9-8-17-4-1-2-5-18(17)14-20)19-6-3-7-21(15-19)27-33(29,30)22-10-11-23-24(16-22)32-13-12-31-23/h1-7,10-11,15-16,20,27H,8-9,12-14H2,(H,26,28). The molecule has 7 nitrogen and oxygen atoms in total. The largest absolute Gasteiger partial charge is 0.486 e. The second kappa shape index (κ2) is 8.78. The molecule has 1 unspecified atom stereocenters. The Hall–Kier alpha value is -3.52. The fourth-order valence-electron chi connectivity index (χ4n) is 4.22. The number of nitrogens with one attached hydrogen (secondary N) is 2. The zero-order valence-electron chi connectivity index (χ0n) is 17.9. The third-order valence-electron chi connectivity index (χ3n) is 5.88. The van der Waals surface area contributed by atoms with Gasteiger partial charge in [0.1, 0.15) is 13.2 Å². The number of hydrogen-bond acceptors (Lipinski definition) is 5. The van der Waals surface area contributed by atoms with Gasteiger partial charge in [-0.2, -0.15) is 0 Å². The van der Waals surface area contributed by atoms with Gasteiger partial charge in [-0.3, -0.25) is 9.52 Å². The minimum absolute atomic E-state index is 0.0467. The van der Waals surface area contributed by atoms with Gasteiger partial charge in [0.15, 0.2) is 11.5 Å². The van der Waals surface area contributed by atoms with Gasteiger partial charge < -0.3 is 14.8 Å². The summed E-state index contributed by atoms with van der Waals surface area (Å²) in [6.07, 6.45) is 2.59. The van der Waals surface area contributed by atoms with E-state index < -0.39 is 10.0 Å². The Kier molecular flexibility index (Phi) is 5.68. The van der Waals surface area contributed by atoms with Crippen molar-refractivity contribution < 1.29 is 22.7 Å². The molecule has 0 fully saturated rings. The van der Waals surface area contributed by atoms with Crippen LogP contribution >= 0.6 is 0 Å². The Morgan fingerprint density at radius 2 is 1.67 bits per heavy atom. The number of carbonyl (C=O) groups is 1. The van der Waals surface area contributed by atoms with Crippen molar-refractivity contribution in [1.29, 1.82) is 0 Å². The summed E-state index contributed by atoms with van der Waals surface area (Å²) in [7, 11) is -3.87. The molecule has 0 radical (unpaired) electrons. The highest BCUT2D eigenvalue weighted by Crippen LogP contribution is 2.32. The van der Waals surface area contributed by atoms with E-state index in [9.17, 15) is 13.2 Å². The second-order valence-electron chi connectivity index (χ2n) is 8.17. The highest BCUT2D eigenvalue weighted by atomic mass is 32.2. The van der Waals surface area contributed by atoms with E-state index in [1.807, 2.05) is 12.1 Å². The van der Waals surface area contributed by atoms with Crippen LogP contribution in [-0.2, 0) is 22.9 Å². The van der Waals surface area contributed by atoms with Crippen LogP contribution in [-0.4, -0.2) is 33.6 Å². The number of hydrogen-bond donors (Lipinski definition) is 2. The minimum atomic E-state index is -3.87. The van der Waals surface area contributed by atoms with Gasteiger partial charge in [-0.1, -0.05) is 30.3 Å². The fraction of sp³-hybridized carbons (Fsp3) is 0.240. The maximum Gasteiger partial charge on any atom is 0.262 e. The number of carbonyl (C=O) groups excluding carboxylic acids is 1.